The molecule has 3 aromatic carbocycles. The number of rotatable bonds is 17. The maximum absolute atomic E-state index is 14.8. The average molecular weight is 1040 g/mol. The van der Waals surface area contributed by atoms with E-state index >= 15 is 0 Å². The molecule has 402 valence electrons. The Morgan fingerprint density at radius 1 is 0.360 bits per heavy atom. The first-order valence-corrected chi connectivity index (χ1v) is 25.2. The number of nitrogens with two attached hydrogens (primary N) is 3. The van der Waals surface area contributed by atoms with Gasteiger partial charge in [0.2, 0.25) is 47.3 Å². The highest BCUT2D eigenvalue weighted by molar-refractivity contribution is 5.99. The van der Waals surface area contributed by atoms with Crippen molar-refractivity contribution < 1.29 is 48.6 Å². The number of aliphatic hydroxyl groups is 2. The van der Waals surface area contributed by atoms with Crippen LogP contribution in [0.5, 0.6) is 0 Å². The Bertz CT molecular complexity index is 2670. The Morgan fingerprint density at radius 3 is 1.01 bits per heavy atom. The van der Waals surface area contributed by atoms with Crippen molar-refractivity contribution in [3.63, 3.8) is 0 Å². The van der Waals surface area contributed by atoms with E-state index in [4.69, 9.17) is 17.2 Å². The molecule has 5 aromatic rings. The van der Waals surface area contributed by atoms with Gasteiger partial charge in [-0.15, -0.1) is 0 Å². The molecule has 0 saturated carbocycles. The zero-order valence-corrected chi connectivity index (χ0v) is 41.6. The van der Waals surface area contributed by atoms with Crippen LogP contribution in [0.2, 0.25) is 0 Å². The lowest BCUT2D eigenvalue weighted by Gasteiger charge is -2.29. The van der Waals surface area contributed by atoms with E-state index in [0.717, 1.165) is 21.8 Å². The molecule has 0 aliphatic carbocycles. The lowest BCUT2D eigenvalue weighted by molar-refractivity contribution is -0.137. The average Bonchev–Trinajstić information content (AvgIpc) is 4.03. The van der Waals surface area contributed by atoms with E-state index in [1.165, 1.54) is 0 Å². The molecular formula is C52H69N13O10. The van der Waals surface area contributed by atoms with Gasteiger partial charge in [-0.1, -0.05) is 66.7 Å². The Balaban J connectivity index is 1.43. The molecule has 2 aromatic heterocycles. The minimum atomic E-state index is -1.67. The van der Waals surface area contributed by atoms with Gasteiger partial charge in [0.05, 0.1) is 13.2 Å². The van der Waals surface area contributed by atoms with Gasteiger partial charge >= 0.3 is 0 Å². The molecular weight excluding hydrogens is 967 g/mol. The van der Waals surface area contributed by atoms with Crippen molar-refractivity contribution in [2.24, 2.45) is 17.2 Å². The molecule has 1 aliphatic heterocycles. The third-order valence-corrected chi connectivity index (χ3v) is 13.0. The Morgan fingerprint density at radius 2 is 0.653 bits per heavy atom. The SMILES string of the molecule is NCCC[C@@H]1NC(=O)[C@@H](CCCN)NC(=O)[C@H](CO)NC(=O)[C@@H](Cc2c[nH]c3ccccc23)NC(=O)C(Cc2ccccc2)NC(=O)[C@@H](Cc2c[nH]c3ccccc23)NC(=O)[C@H](CO)NC(=O)[C@@H](CCCN)NC1=O. The number of amides is 8. The van der Waals surface area contributed by atoms with Crippen LogP contribution in [0.25, 0.3) is 21.8 Å². The number of fused-ring (bicyclic) bond motifs is 2. The molecule has 1 fully saturated rings. The van der Waals surface area contributed by atoms with E-state index in [2.05, 4.69) is 52.5 Å². The molecule has 23 heteroatoms. The summed E-state index contributed by atoms with van der Waals surface area (Å²) in [4.78, 5) is 121. The number of benzene rings is 3. The van der Waals surface area contributed by atoms with Crippen LogP contribution in [0.15, 0.2) is 91.3 Å². The first kappa shape index (κ1) is 56.6. The van der Waals surface area contributed by atoms with E-state index in [9.17, 15) is 48.6 Å². The summed E-state index contributed by atoms with van der Waals surface area (Å²) in [6.45, 7) is -1.57. The molecule has 6 rings (SSSR count). The van der Waals surface area contributed by atoms with Gasteiger partial charge in [-0.25, -0.2) is 0 Å². The van der Waals surface area contributed by atoms with Crippen molar-refractivity contribution in [1.29, 1.82) is 0 Å². The molecule has 0 bridgehead atoms. The van der Waals surface area contributed by atoms with E-state index in [-0.39, 0.29) is 77.4 Å². The molecule has 1 saturated heterocycles. The summed E-state index contributed by atoms with van der Waals surface area (Å²) in [6.07, 6.45) is 3.51. The number of hydrogen-bond donors (Lipinski definition) is 15. The Labute approximate surface area is 433 Å². The zero-order chi connectivity index (χ0) is 53.9. The van der Waals surface area contributed by atoms with Gasteiger partial charge < -0.3 is 79.9 Å². The number of aliphatic hydroxyl groups excluding tert-OH is 2. The third-order valence-electron chi connectivity index (χ3n) is 13.0. The van der Waals surface area contributed by atoms with E-state index in [1.54, 1.807) is 54.9 Å². The number of aromatic nitrogens is 2. The zero-order valence-electron chi connectivity index (χ0n) is 41.6. The fraction of sp³-hybridized carbons (Fsp3) is 0.423. The molecule has 0 radical (unpaired) electrons. The van der Waals surface area contributed by atoms with Gasteiger partial charge in [-0.05, 0) is 87.0 Å². The van der Waals surface area contributed by atoms with Crippen molar-refractivity contribution in [1.82, 2.24) is 52.5 Å². The smallest absolute Gasteiger partial charge is 0.245 e. The summed E-state index contributed by atoms with van der Waals surface area (Å²) in [5.41, 5.74) is 20.7. The Hall–Kier alpha value is -7.70. The summed E-state index contributed by atoms with van der Waals surface area (Å²) in [6, 6.07) is 11.5. The van der Waals surface area contributed by atoms with Crippen molar-refractivity contribution in [3.8, 4) is 0 Å². The number of para-hydroxylation sites is 2. The fourth-order valence-electron chi connectivity index (χ4n) is 8.86. The van der Waals surface area contributed by atoms with Crippen molar-refractivity contribution in [2.45, 2.75) is 106 Å². The van der Waals surface area contributed by atoms with Crippen molar-refractivity contribution in [3.05, 3.63) is 108 Å². The number of nitrogens with one attached hydrogen (secondary N) is 10. The Kier molecular flexibility index (Phi) is 21.2. The lowest BCUT2D eigenvalue weighted by atomic mass is 10.00. The molecule has 3 heterocycles. The molecule has 75 heavy (non-hydrogen) atoms. The van der Waals surface area contributed by atoms with Gasteiger partial charge in [0.25, 0.3) is 0 Å². The third kappa shape index (κ3) is 15.7. The summed E-state index contributed by atoms with van der Waals surface area (Å²) in [5, 5.41) is 43.7. The van der Waals surface area contributed by atoms with Gasteiger partial charge in [-0.3, -0.25) is 38.4 Å². The molecule has 8 amide bonds. The largest absolute Gasteiger partial charge is 0.394 e. The molecule has 23 nitrogen and oxygen atoms in total. The molecule has 18 N–H and O–H groups in total. The predicted octanol–water partition coefficient (Wildman–Crippen LogP) is -2.23. The second-order valence-electron chi connectivity index (χ2n) is 18.5. The topological polar surface area (TPSA) is 383 Å². The summed E-state index contributed by atoms with van der Waals surface area (Å²) in [5.74, 6) is -7.10. The monoisotopic (exact) mass is 1040 g/mol. The lowest BCUT2D eigenvalue weighted by Crippen LogP contribution is -2.62. The van der Waals surface area contributed by atoms with Crippen LogP contribution in [-0.4, -0.2) is 149 Å². The predicted molar refractivity (Wildman–Crippen MR) is 279 cm³/mol. The number of hydrogen-bond acceptors (Lipinski definition) is 13. The van der Waals surface area contributed by atoms with E-state index < -0.39 is 109 Å². The first-order chi connectivity index (χ1) is 36.3. The summed E-state index contributed by atoms with van der Waals surface area (Å²) < 4.78 is 0. The van der Waals surface area contributed by atoms with E-state index in [1.807, 2.05) is 36.4 Å². The highest BCUT2D eigenvalue weighted by Gasteiger charge is 2.36. The van der Waals surface area contributed by atoms with Gasteiger partial charge in [-0.2, -0.15) is 0 Å². The number of carbonyl (C=O) groups is 8. The van der Waals surface area contributed by atoms with Crippen LogP contribution >= 0.6 is 0 Å². The van der Waals surface area contributed by atoms with Gasteiger partial charge in [0.1, 0.15) is 48.3 Å². The summed E-state index contributed by atoms with van der Waals surface area (Å²) >= 11 is 0. The van der Waals surface area contributed by atoms with Crippen LogP contribution in [0.1, 0.15) is 55.2 Å². The van der Waals surface area contributed by atoms with Crippen molar-refractivity contribution in [2.75, 3.05) is 32.8 Å². The van der Waals surface area contributed by atoms with E-state index in [0.29, 0.717) is 16.7 Å². The van der Waals surface area contributed by atoms with Crippen LogP contribution in [-0.2, 0) is 57.6 Å². The minimum Gasteiger partial charge on any atom is -0.394 e. The minimum absolute atomic E-state index is 0.0104. The number of H-pyrrole nitrogens is 2. The number of aromatic amines is 2. The second kappa shape index (κ2) is 28.1. The highest BCUT2D eigenvalue weighted by atomic mass is 16.3. The molecule has 1 aliphatic rings. The standard InChI is InChI=1S/C52H69N13O10/c53-20-8-17-37-45(68)59-39(19-10-22-55)47(70)64-44(29-67)52(75)63-41(24-31-26-56-35-15-6-4-13-33(31)35)49(72)61-40(23-30-11-2-1-3-12-30)48(71)62-42(25-32-27-57-36-16-7-5-14-34(32)36)50(73)65-43(28-66)51(74)60-38(18-9-21-54)46(69)58-37/h1-7,11-16,26-27,37-44,56-57,66-67H,8-10,17-25,28-29,53-55H2,(H,58,69)(H,59,68)(H,60,74)(H,61,72)(H,62,71)(H,63,75)(H,64,70)(H,65,73)/t37-,38+,39+,40?,41+,42+,43-,44-/m0/s1. The fourth-order valence-corrected chi connectivity index (χ4v) is 8.86. The maximum Gasteiger partial charge on any atom is 0.245 e. The van der Waals surface area contributed by atoms with Crippen LogP contribution in [0.3, 0.4) is 0 Å². The van der Waals surface area contributed by atoms with Crippen molar-refractivity contribution >= 4 is 69.1 Å². The molecule has 0 spiro atoms. The highest BCUT2D eigenvalue weighted by Crippen LogP contribution is 2.21. The normalized spacial score (nSPS) is 23.2. The van der Waals surface area contributed by atoms with Crippen LogP contribution < -0.4 is 59.7 Å². The number of carbonyl (C=O) groups excluding carboxylic acids is 8. The second-order valence-corrected chi connectivity index (χ2v) is 18.5. The van der Waals surface area contributed by atoms with Gasteiger partial charge in [0, 0.05) is 53.5 Å². The van der Waals surface area contributed by atoms with Gasteiger partial charge in [0.15, 0.2) is 0 Å². The molecule has 1 unspecified atom stereocenters. The molecule has 8 atom stereocenters. The summed E-state index contributed by atoms with van der Waals surface area (Å²) in [7, 11) is 0. The first-order valence-electron chi connectivity index (χ1n) is 25.2. The van der Waals surface area contributed by atoms with Crippen LogP contribution in [0, 0.1) is 0 Å². The van der Waals surface area contributed by atoms with Crippen LogP contribution in [0.4, 0.5) is 0 Å². The maximum atomic E-state index is 14.8. The quantitative estimate of drug-likeness (QED) is 0.0470.